The van der Waals surface area contributed by atoms with Gasteiger partial charge in [0, 0.05) is 5.41 Å². The molecule has 0 aliphatic carbocycles. The van der Waals surface area contributed by atoms with Gasteiger partial charge >= 0.3 is 0 Å². The van der Waals surface area contributed by atoms with Crippen molar-refractivity contribution >= 4 is 0 Å². The zero-order chi connectivity index (χ0) is 13.9. The second kappa shape index (κ2) is 5.31. The molecule has 2 unspecified atom stereocenters. The van der Waals surface area contributed by atoms with E-state index in [-0.39, 0.29) is 5.41 Å². The number of rotatable bonds is 4. The summed E-state index contributed by atoms with van der Waals surface area (Å²) in [6.45, 7) is 8.34. The second-order valence-electron chi connectivity index (χ2n) is 5.14. The summed E-state index contributed by atoms with van der Waals surface area (Å²) >= 11 is 0. The summed E-state index contributed by atoms with van der Waals surface area (Å²) in [5.74, 6) is 0.588. The molecule has 0 heterocycles. The third-order valence-corrected chi connectivity index (χ3v) is 4.10. The largest absolute Gasteiger partial charge is 0.508 e. The lowest BCUT2D eigenvalue weighted by Gasteiger charge is -2.35. The van der Waals surface area contributed by atoms with Crippen molar-refractivity contribution < 1.29 is 5.11 Å². The first-order chi connectivity index (χ1) is 9.09. The maximum absolute atomic E-state index is 9.47. The summed E-state index contributed by atoms with van der Waals surface area (Å²) in [4.78, 5) is 0. The molecule has 2 aromatic rings. The maximum Gasteiger partial charge on any atom is 0.115 e. The molecule has 2 atom stereocenters. The van der Waals surface area contributed by atoms with Crippen molar-refractivity contribution in [2.45, 2.75) is 19.3 Å². The van der Waals surface area contributed by atoms with Crippen LogP contribution in [0.5, 0.6) is 5.75 Å². The van der Waals surface area contributed by atoms with Crippen LogP contribution in [0.15, 0.2) is 67.3 Å². The SMILES string of the molecule is C=CC(C)C(C)(c1ccccc1)c1ccc(O)cc1. The predicted molar refractivity (Wildman–Crippen MR) is 80.4 cm³/mol. The van der Waals surface area contributed by atoms with E-state index >= 15 is 0 Å². The summed E-state index contributed by atoms with van der Waals surface area (Å²) in [5.41, 5.74) is 2.30. The van der Waals surface area contributed by atoms with Crippen molar-refractivity contribution in [2.75, 3.05) is 0 Å². The summed E-state index contributed by atoms with van der Waals surface area (Å²) in [6, 6.07) is 17.9. The molecule has 19 heavy (non-hydrogen) atoms. The van der Waals surface area contributed by atoms with Crippen molar-refractivity contribution in [3.8, 4) is 5.75 Å². The van der Waals surface area contributed by atoms with Gasteiger partial charge in [-0.3, -0.25) is 0 Å². The normalized spacial score (nSPS) is 15.5. The first kappa shape index (κ1) is 13.4. The number of aromatic hydroxyl groups is 1. The Bertz CT molecular complexity index is 542. The minimum atomic E-state index is -0.142. The fourth-order valence-corrected chi connectivity index (χ4v) is 2.52. The first-order valence-electron chi connectivity index (χ1n) is 6.56. The second-order valence-corrected chi connectivity index (χ2v) is 5.14. The van der Waals surface area contributed by atoms with Gasteiger partial charge in [0.05, 0.1) is 0 Å². The fraction of sp³-hybridized carbons (Fsp3) is 0.222. The van der Waals surface area contributed by atoms with E-state index in [4.69, 9.17) is 0 Å². The smallest absolute Gasteiger partial charge is 0.115 e. The zero-order valence-corrected chi connectivity index (χ0v) is 11.5. The van der Waals surface area contributed by atoms with Gasteiger partial charge < -0.3 is 5.11 Å². The third-order valence-electron chi connectivity index (χ3n) is 4.10. The molecule has 0 amide bonds. The Hall–Kier alpha value is -2.02. The average Bonchev–Trinajstić information content (AvgIpc) is 2.47. The van der Waals surface area contributed by atoms with Gasteiger partial charge in [0.15, 0.2) is 0 Å². The van der Waals surface area contributed by atoms with Gasteiger partial charge in [-0.2, -0.15) is 0 Å². The Morgan fingerprint density at radius 2 is 1.53 bits per heavy atom. The van der Waals surface area contributed by atoms with Crippen molar-refractivity contribution in [3.05, 3.63) is 78.4 Å². The van der Waals surface area contributed by atoms with Crippen LogP contribution in [0.2, 0.25) is 0 Å². The molecule has 1 nitrogen and oxygen atoms in total. The van der Waals surface area contributed by atoms with Gasteiger partial charge in [0.2, 0.25) is 0 Å². The van der Waals surface area contributed by atoms with Gasteiger partial charge in [-0.1, -0.05) is 62.4 Å². The Labute approximate surface area is 115 Å². The van der Waals surface area contributed by atoms with Crippen molar-refractivity contribution in [2.24, 2.45) is 5.92 Å². The molecule has 1 heteroatoms. The molecule has 1 N–H and O–H groups in total. The molecule has 0 bridgehead atoms. The van der Waals surface area contributed by atoms with Gasteiger partial charge in [-0.15, -0.1) is 6.58 Å². The standard InChI is InChI=1S/C18H20O/c1-4-14(2)18(3,15-8-6-5-7-9-15)16-10-12-17(19)13-11-16/h4-14,19H,1H2,2-3H3. The molecule has 0 aliphatic rings. The first-order valence-corrected chi connectivity index (χ1v) is 6.56. The minimum absolute atomic E-state index is 0.142. The predicted octanol–water partition coefficient (Wildman–Crippen LogP) is 4.52. The van der Waals surface area contributed by atoms with Crippen molar-refractivity contribution in [1.82, 2.24) is 0 Å². The molecule has 0 aliphatic heterocycles. The fourth-order valence-electron chi connectivity index (χ4n) is 2.52. The molecule has 0 fully saturated rings. The van der Waals surface area contributed by atoms with Gasteiger partial charge in [-0.25, -0.2) is 0 Å². The number of phenols is 1. The van der Waals surface area contributed by atoms with E-state index in [0.717, 1.165) is 0 Å². The molecule has 0 aromatic heterocycles. The molecule has 2 aromatic carbocycles. The monoisotopic (exact) mass is 252 g/mol. The molecular formula is C18H20O. The molecule has 0 saturated heterocycles. The highest BCUT2D eigenvalue weighted by molar-refractivity contribution is 5.42. The number of phenolic OH excluding ortho intramolecular Hbond substituents is 1. The maximum atomic E-state index is 9.47. The van der Waals surface area contributed by atoms with E-state index in [2.05, 4.69) is 44.7 Å². The van der Waals surface area contributed by atoms with Gasteiger partial charge in [-0.05, 0) is 29.2 Å². The molecule has 0 radical (unpaired) electrons. The number of allylic oxidation sites excluding steroid dienone is 1. The number of hydrogen-bond acceptors (Lipinski definition) is 1. The van der Waals surface area contributed by atoms with Gasteiger partial charge in [0.1, 0.15) is 5.75 Å². The van der Waals surface area contributed by atoms with E-state index in [0.29, 0.717) is 11.7 Å². The number of benzene rings is 2. The Morgan fingerprint density at radius 3 is 2.05 bits per heavy atom. The quantitative estimate of drug-likeness (QED) is 0.793. The highest BCUT2D eigenvalue weighted by Gasteiger charge is 2.33. The van der Waals surface area contributed by atoms with E-state index in [1.165, 1.54) is 11.1 Å². The van der Waals surface area contributed by atoms with Crippen LogP contribution in [0.1, 0.15) is 25.0 Å². The summed E-state index contributed by atoms with van der Waals surface area (Å²) < 4.78 is 0. The highest BCUT2D eigenvalue weighted by Crippen LogP contribution is 2.39. The Morgan fingerprint density at radius 1 is 1.00 bits per heavy atom. The van der Waals surface area contributed by atoms with E-state index in [1.54, 1.807) is 12.1 Å². The molecule has 0 spiro atoms. The Balaban J connectivity index is 2.58. The van der Waals surface area contributed by atoms with Crippen LogP contribution >= 0.6 is 0 Å². The van der Waals surface area contributed by atoms with Gasteiger partial charge in [0.25, 0.3) is 0 Å². The van der Waals surface area contributed by atoms with Crippen LogP contribution in [0.25, 0.3) is 0 Å². The van der Waals surface area contributed by atoms with Crippen LogP contribution < -0.4 is 0 Å². The topological polar surface area (TPSA) is 20.2 Å². The van der Waals surface area contributed by atoms with Crippen LogP contribution in [0, 0.1) is 5.92 Å². The lowest BCUT2D eigenvalue weighted by atomic mass is 9.68. The summed E-state index contributed by atoms with van der Waals surface area (Å²) in [6.07, 6.45) is 1.99. The number of hydrogen-bond donors (Lipinski definition) is 1. The highest BCUT2D eigenvalue weighted by atomic mass is 16.3. The van der Waals surface area contributed by atoms with E-state index in [9.17, 15) is 5.11 Å². The minimum Gasteiger partial charge on any atom is -0.508 e. The van der Waals surface area contributed by atoms with Crippen molar-refractivity contribution in [1.29, 1.82) is 0 Å². The molecular weight excluding hydrogens is 232 g/mol. The van der Waals surface area contributed by atoms with Crippen molar-refractivity contribution in [3.63, 3.8) is 0 Å². The third kappa shape index (κ3) is 2.41. The van der Waals surface area contributed by atoms with Crippen LogP contribution in [0.3, 0.4) is 0 Å². The molecule has 0 saturated carbocycles. The summed E-state index contributed by atoms with van der Waals surface area (Å²) in [7, 11) is 0. The van der Waals surface area contributed by atoms with E-state index in [1.807, 2.05) is 24.3 Å². The van der Waals surface area contributed by atoms with E-state index < -0.39 is 0 Å². The lowest BCUT2D eigenvalue weighted by Crippen LogP contribution is -2.30. The zero-order valence-electron chi connectivity index (χ0n) is 11.5. The molecule has 98 valence electrons. The molecule has 2 rings (SSSR count). The van der Waals surface area contributed by atoms with Crippen LogP contribution in [0.4, 0.5) is 0 Å². The van der Waals surface area contributed by atoms with Crippen LogP contribution in [-0.4, -0.2) is 5.11 Å². The summed E-state index contributed by atoms with van der Waals surface area (Å²) in [5, 5.41) is 9.47. The van der Waals surface area contributed by atoms with Crippen LogP contribution in [-0.2, 0) is 5.41 Å². The lowest BCUT2D eigenvalue weighted by molar-refractivity contribution is 0.443. The average molecular weight is 252 g/mol. The Kier molecular flexibility index (Phi) is 3.75.